The molecule has 0 atom stereocenters. The van der Waals surface area contributed by atoms with E-state index in [2.05, 4.69) is 4.98 Å². The molecule has 0 saturated heterocycles. The normalized spacial score (nSPS) is 16.0. The summed E-state index contributed by atoms with van der Waals surface area (Å²) in [5.41, 5.74) is 0.745. The van der Waals surface area contributed by atoms with Crippen LogP contribution in [0.5, 0.6) is 0 Å². The van der Waals surface area contributed by atoms with Gasteiger partial charge in [0.05, 0.1) is 16.7 Å². The number of carbonyl (C=O) groups is 1. The summed E-state index contributed by atoms with van der Waals surface area (Å²) < 4.78 is 1.84. The molecule has 116 valence electrons. The Morgan fingerprint density at radius 2 is 2.00 bits per heavy atom. The molecule has 5 heteroatoms. The quantitative estimate of drug-likeness (QED) is 0.639. The van der Waals surface area contributed by atoms with Crippen LogP contribution in [0.4, 0.5) is 0 Å². The van der Waals surface area contributed by atoms with E-state index in [4.69, 9.17) is 0 Å². The molecule has 0 aliphatic heterocycles. The number of ketones is 1. The molecule has 0 N–H and O–H groups in total. The number of Topliss-reactive ketones (excluding diaryl/α,β-unsaturated/α-hetero) is 1. The highest BCUT2D eigenvalue weighted by atomic mass is 32.2. The lowest BCUT2D eigenvalue weighted by Gasteiger charge is -2.26. The molecule has 1 heterocycles. The number of hydrogen-bond acceptors (Lipinski definition) is 4. The third-order valence-electron chi connectivity index (χ3n) is 4.12. The van der Waals surface area contributed by atoms with Crippen LogP contribution in [0.2, 0.25) is 0 Å². The molecule has 0 radical (unpaired) electrons. The van der Waals surface area contributed by atoms with Gasteiger partial charge in [-0.15, -0.1) is 0 Å². The maximum absolute atomic E-state index is 12.9. The zero-order valence-corrected chi connectivity index (χ0v) is 13.6. The average Bonchev–Trinajstić information content (AvgIpc) is 2.54. The fourth-order valence-electron chi connectivity index (χ4n) is 3.05. The lowest BCUT2D eigenvalue weighted by molar-refractivity contribution is -0.114. The minimum atomic E-state index is 0.0311. The summed E-state index contributed by atoms with van der Waals surface area (Å²) in [4.78, 5) is 28.9. The predicted molar refractivity (Wildman–Crippen MR) is 89.5 cm³/mol. The average molecular weight is 316 g/mol. The molecular weight excluding hydrogens is 296 g/mol. The predicted octanol–water partition coefficient (Wildman–Crippen LogP) is 3.58. The van der Waals surface area contributed by atoms with Gasteiger partial charge in [-0.25, -0.2) is 4.98 Å². The van der Waals surface area contributed by atoms with Crippen LogP contribution in [0.25, 0.3) is 10.9 Å². The first kappa shape index (κ1) is 15.3. The van der Waals surface area contributed by atoms with E-state index in [1.165, 1.54) is 18.2 Å². The Morgan fingerprint density at radius 1 is 1.27 bits per heavy atom. The summed E-state index contributed by atoms with van der Waals surface area (Å²) in [6, 6.07) is 7.68. The van der Waals surface area contributed by atoms with Gasteiger partial charge in [0.1, 0.15) is 5.78 Å². The first-order valence-electron chi connectivity index (χ1n) is 7.80. The van der Waals surface area contributed by atoms with Crippen molar-refractivity contribution in [2.75, 3.05) is 5.75 Å². The largest absolute Gasteiger partial charge is 0.299 e. The highest BCUT2D eigenvalue weighted by Gasteiger charge is 2.21. The van der Waals surface area contributed by atoms with Crippen molar-refractivity contribution < 1.29 is 4.79 Å². The van der Waals surface area contributed by atoms with Crippen molar-refractivity contribution in [2.45, 2.75) is 50.2 Å². The summed E-state index contributed by atoms with van der Waals surface area (Å²) >= 11 is 1.38. The fraction of sp³-hybridized carbons (Fsp3) is 0.471. The van der Waals surface area contributed by atoms with Gasteiger partial charge in [-0.05, 0) is 31.9 Å². The van der Waals surface area contributed by atoms with Crippen LogP contribution in [0.1, 0.15) is 45.1 Å². The number of hydrogen-bond donors (Lipinski definition) is 0. The molecule has 1 aromatic carbocycles. The van der Waals surface area contributed by atoms with Crippen LogP contribution in [0.15, 0.2) is 34.2 Å². The SMILES string of the molecule is CC(=O)CSc1nc2ccccc2c(=O)n1C1CCCCC1. The molecule has 3 rings (SSSR count). The lowest BCUT2D eigenvalue weighted by Crippen LogP contribution is -2.29. The summed E-state index contributed by atoms with van der Waals surface area (Å²) in [5, 5.41) is 1.35. The van der Waals surface area contributed by atoms with Crippen LogP contribution in [0.3, 0.4) is 0 Å². The molecule has 4 nitrogen and oxygen atoms in total. The number of fused-ring (bicyclic) bond motifs is 1. The van der Waals surface area contributed by atoms with Gasteiger partial charge in [-0.3, -0.25) is 14.2 Å². The topological polar surface area (TPSA) is 52.0 Å². The molecule has 2 aromatic rings. The maximum Gasteiger partial charge on any atom is 0.262 e. The first-order valence-corrected chi connectivity index (χ1v) is 8.79. The van der Waals surface area contributed by atoms with Gasteiger partial charge in [0.2, 0.25) is 0 Å². The van der Waals surface area contributed by atoms with E-state index in [1.54, 1.807) is 6.92 Å². The van der Waals surface area contributed by atoms with Crippen molar-refractivity contribution >= 4 is 28.4 Å². The fourth-order valence-corrected chi connectivity index (χ4v) is 3.92. The second-order valence-electron chi connectivity index (χ2n) is 5.87. The Hall–Kier alpha value is -1.62. The summed E-state index contributed by atoms with van der Waals surface area (Å²) in [7, 11) is 0. The molecule has 22 heavy (non-hydrogen) atoms. The third-order valence-corrected chi connectivity index (χ3v) is 5.22. The van der Waals surface area contributed by atoms with Gasteiger partial charge in [0, 0.05) is 6.04 Å². The minimum absolute atomic E-state index is 0.0311. The van der Waals surface area contributed by atoms with Crippen LogP contribution >= 0.6 is 11.8 Å². The van der Waals surface area contributed by atoms with E-state index in [-0.39, 0.29) is 17.4 Å². The standard InChI is InChI=1S/C17H20N2O2S/c1-12(20)11-22-17-18-15-10-6-5-9-14(15)16(21)19(17)13-7-3-2-4-8-13/h5-6,9-10,13H,2-4,7-8,11H2,1H3. The Bertz CT molecular complexity index is 748. The summed E-state index contributed by atoms with van der Waals surface area (Å²) in [6.07, 6.45) is 5.59. The van der Waals surface area contributed by atoms with Crippen LogP contribution < -0.4 is 5.56 Å². The van der Waals surface area contributed by atoms with E-state index < -0.39 is 0 Å². The highest BCUT2D eigenvalue weighted by molar-refractivity contribution is 7.99. The molecule has 0 unspecified atom stereocenters. The second-order valence-corrected chi connectivity index (χ2v) is 6.81. The monoisotopic (exact) mass is 316 g/mol. The van der Waals surface area contributed by atoms with Gasteiger partial charge >= 0.3 is 0 Å². The van der Waals surface area contributed by atoms with Crippen LogP contribution in [-0.2, 0) is 4.79 Å². The molecule has 1 aliphatic carbocycles. The summed E-state index contributed by atoms with van der Waals surface area (Å²) in [5.74, 6) is 0.458. The third kappa shape index (κ3) is 3.09. The van der Waals surface area contributed by atoms with Gasteiger partial charge < -0.3 is 0 Å². The van der Waals surface area contributed by atoms with Crippen molar-refractivity contribution in [2.24, 2.45) is 0 Å². The number of thioether (sulfide) groups is 1. The minimum Gasteiger partial charge on any atom is -0.299 e. The van der Waals surface area contributed by atoms with E-state index in [0.29, 0.717) is 21.8 Å². The van der Waals surface area contributed by atoms with Crippen LogP contribution in [-0.4, -0.2) is 21.1 Å². The molecule has 1 saturated carbocycles. The number of carbonyl (C=O) groups excluding carboxylic acids is 1. The zero-order valence-electron chi connectivity index (χ0n) is 12.7. The van der Waals surface area contributed by atoms with Gasteiger partial charge in [0.25, 0.3) is 5.56 Å². The zero-order chi connectivity index (χ0) is 15.5. The smallest absolute Gasteiger partial charge is 0.262 e. The highest BCUT2D eigenvalue weighted by Crippen LogP contribution is 2.30. The van der Waals surface area contributed by atoms with Gasteiger partial charge in [-0.1, -0.05) is 43.2 Å². The van der Waals surface area contributed by atoms with Crippen molar-refractivity contribution in [3.05, 3.63) is 34.6 Å². The number of aromatic nitrogens is 2. The molecule has 0 amide bonds. The Balaban J connectivity index is 2.11. The van der Waals surface area contributed by atoms with Crippen molar-refractivity contribution in [3.63, 3.8) is 0 Å². The van der Waals surface area contributed by atoms with Crippen molar-refractivity contribution in [3.8, 4) is 0 Å². The second kappa shape index (κ2) is 6.65. The van der Waals surface area contributed by atoms with E-state index in [1.807, 2.05) is 28.8 Å². The molecule has 1 aromatic heterocycles. The van der Waals surface area contributed by atoms with E-state index >= 15 is 0 Å². The number of benzene rings is 1. The molecule has 1 fully saturated rings. The molecule has 0 bridgehead atoms. The molecular formula is C17H20N2O2S. The molecule has 1 aliphatic rings. The van der Waals surface area contributed by atoms with Crippen molar-refractivity contribution in [1.82, 2.24) is 9.55 Å². The number of para-hydroxylation sites is 1. The van der Waals surface area contributed by atoms with Gasteiger partial charge in [0.15, 0.2) is 5.16 Å². The van der Waals surface area contributed by atoms with E-state index in [0.717, 1.165) is 25.7 Å². The van der Waals surface area contributed by atoms with E-state index in [9.17, 15) is 9.59 Å². The number of rotatable bonds is 4. The lowest BCUT2D eigenvalue weighted by atomic mass is 9.95. The Morgan fingerprint density at radius 3 is 2.73 bits per heavy atom. The van der Waals surface area contributed by atoms with Crippen molar-refractivity contribution in [1.29, 1.82) is 0 Å². The number of nitrogens with zero attached hydrogens (tertiary/aromatic N) is 2. The van der Waals surface area contributed by atoms with Gasteiger partial charge in [-0.2, -0.15) is 0 Å². The first-order chi connectivity index (χ1) is 10.7. The van der Waals surface area contributed by atoms with Crippen LogP contribution in [0, 0.1) is 0 Å². The summed E-state index contributed by atoms with van der Waals surface area (Å²) in [6.45, 7) is 1.57. The Labute approximate surface area is 133 Å². The Kier molecular flexibility index (Phi) is 4.62. The molecule has 0 spiro atoms. The maximum atomic E-state index is 12.9.